The first-order valence-corrected chi connectivity index (χ1v) is 8.83. The molecule has 1 aliphatic rings. The fourth-order valence-corrected chi connectivity index (χ4v) is 3.53. The third-order valence-electron chi connectivity index (χ3n) is 4.21. The number of rotatable bonds is 2. The highest BCUT2D eigenvalue weighted by atomic mass is 35.5. The van der Waals surface area contributed by atoms with E-state index in [1.807, 2.05) is 6.07 Å². The lowest BCUT2D eigenvalue weighted by Crippen LogP contribution is -2.45. The Hall–Kier alpha value is -1.89. The monoisotopic (exact) mass is 377 g/mol. The van der Waals surface area contributed by atoms with Crippen molar-refractivity contribution in [2.24, 2.45) is 0 Å². The number of anilines is 1. The Morgan fingerprint density at radius 1 is 1.08 bits per heavy atom. The van der Waals surface area contributed by atoms with Gasteiger partial charge >= 0.3 is 0 Å². The van der Waals surface area contributed by atoms with Crippen LogP contribution in [-0.2, 0) is 4.74 Å². The summed E-state index contributed by atoms with van der Waals surface area (Å²) in [6.07, 6.45) is 3.66. The van der Waals surface area contributed by atoms with Gasteiger partial charge in [-0.15, -0.1) is 0 Å². The van der Waals surface area contributed by atoms with Gasteiger partial charge in [0, 0.05) is 13.1 Å². The molecule has 0 amide bonds. The lowest BCUT2D eigenvalue weighted by Gasteiger charge is -2.36. The summed E-state index contributed by atoms with van der Waals surface area (Å²) in [5, 5.41) is 6.37. The number of ether oxygens (including phenoxy) is 1. The van der Waals surface area contributed by atoms with Gasteiger partial charge in [0.1, 0.15) is 12.1 Å². The lowest BCUT2D eigenvalue weighted by molar-refractivity contribution is -0.00537. The number of aromatic nitrogens is 4. The summed E-state index contributed by atoms with van der Waals surface area (Å²) in [5.41, 5.74) is 1.54. The molecule has 2 aromatic heterocycles. The molecule has 0 aliphatic carbocycles. The molecule has 0 unspecified atom stereocenters. The first-order chi connectivity index (χ1) is 12.0. The van der Waals surface area contributed by atoms with Crippen molar-refractivity contribution < 1.29 is 4.74 Å². The molecule has 1 aliphatic heterocycles. The van der Waals surface area contributed by atoms with Gasteiger partial charge in [0.15, 0.2) is 5.65 Å². The minimum absolute atomic E-state index is 0.152. The smallest absolute Gasteiger partial charge is 0.168 e. The van der Waals surface area contributed by atoms with Crippen molar-refractivity contribution in [1.29, 1.82) is 0 Å². The number of hydrogen-bond donors (Lipinski definition) is 0. The zero-order chi connectivity index (χ0) is 17.6. The molecule has 0 N–H and O–H groups in total. The lowest BCUT2D eigenvalue weighted by atomic mass is 10.2. The van der Waals surface area contributed by atoms with Crippen molar-refractivity contribution >= 4 is 40.1 Å². The van der Waals surface area contributed by atoms with E-state index >= 15 is 0 Å². The Bertz CT molecular complexity index is 919. The average molecular weight is 378 g/mol. The summed E-state index contributed by atoms with van der Waals surface area (Å²) in [6.45, 7) is 5.71. The molecular formula is C17H17Cl2N5O. The second kappa shape index (κ2) is 6.44. The van der Waals surface area contributed by atoms with Crippen molar-refractivity contribution in [1.82, 2.24) is 19.7 Å². The minimum Gasteiger partial charge on any atom is -0.372 e. The predicted molar refractivity (Wildman–Crippen MR) is 98.9 cm³/mol. The minimum atomic E-state index is 0.152. The molecule has 6 nitrogen and oxygen atoms in total. The van der Waals surface area contributed by atoms with E-state index in [2.05, 4.69) is 33.8 Å². The molecule has 3 aromatic rings. The van der Waals surface area contributed by atoms with Gasteiger partial charge in [-0.05, 0) is 32.0 Å². The van der Waals surface area contributed by atoms with Gasteiger partial charge in [-0.3, -0.25) is 0 Å². The van der Waals surface area contributed by atoms with E-state index in [1.165, 1.54) is 0 Å². The van der Waals surface area contributed by atoms with E-state index in [0.717, 1.165) is 35.6 Å². The van der Waals surface area contributed by atoms with Gasteiger partial charge < -0.3 is 9.64 Å². The average Bonchev–Trinajstić information content (AvgIpc) is 3.00. The fraction of sp³-hybridized carbons (Fsp3) is 0.353. The van der Waals surface area contributed by atoms with Crippen LogP contribution >= 0.6 is 23.2 Å². The summed E-state index contributed by atoms with van der Waals surface area (Å²) >= 11 is 12.1. The predicted octanol–water partition coefficient (Wildman–Crippen LogP) is 3.74. The molecule has 1 fully saturated rings. The maximum atomic E-state index is 6.14. The van der Waals surface area contributed by atoms with Gasteiger partial charge in [-0.2, -0.15) is 5.10 Å². The molecule has 2 atom stereocenters. The first kappa shape index (κ1) is 16.6. The molecule has 3 heterocycles. The van der Waals surface area contributed by atoms with E-state index in [-0.39, 0.29) is 12.2 Å². The Labute approximate surface area is 155 Å². The van der Waals surface area contributed by atoms with E-state index in [9.17, 15) is 0 Å². The normalized spacial score (nSPS) is 21.0. The largest absolute Gasteiger partial charge is 0.372 e. The number of morpholine rings is 1. The molecular weight excluding hydrogens is 361 g/mol. The SMILES string of the molecule is C[C@@H]1CN(c2ncnc3c2cnn3-c2ccc(Cl)c(Cl)c2)C[C@H](C)O1. The Morgan fingerprint density at radius 2 is 1.84 bits per heavy atom. The summed E-state index contributed by atoms with van der Waals surface area (Å²) in [4.78, 5) is 11.1. The van der Waals surface area contributed by atoms with E-state index in [0.29, 0.717) is 10.0 Å². The zero-order valence-electron chi connectivity index (χ0n) is 13.9. The van der Waals surface area contributed by atoms with Gasteiger partial charge in [-0.25, -0.2) is 14.6 Å². The number of benzene rings is 1. The molecule has 1 aromatic carbocycles. The topological polar surface area (TPSA) is 56.1 Å². The number of halogens is 2. The molecule has 25 heavy (non-hydrogen) atoms. The van der Waals surface area contributed by atoms with Crippen LogP contribution in [0.2, 0.25) is 10.0 Å². The second-order valence-corrected chi connectivity index (χ2v) is 7.07. The standard InChI is InChI=1S/C17H17Cl2N5O/c1-10-7-23(8-11(2)25-10)16-13-6-22-24(17(13)21-9-20-16)12-3-4-14(18)15(19)5-12/h3-6,9-11H,7-8H2,1-2H3/t10-,11+. The highest BCUT2D eigenvalue weighted by molar-refractivity contribution is 6.42. The van der Waals surface area contributed by atoms with Crippen LogP contribution in [0.5, 0.6) is 0 Å². The molecule has 0 radical (unpaired) electrons. The maximum Gasteiger partial charge on any atom is 0.168 e. The first-order valence-electron chi connectivity index (χ1n) is 8.07. The van der Waals surface area contributed by atoms with Crippen LogP contribution in [0.4, 0.5) is 5.82 Å². The van der Waals surface area contributed by atoms with Crippen LogP contribution < -0.4 is 4.90 Å². The molecule has 0 saturated carbocycles. The van der Waals surface area contributed by atoms with Crippen molar-refractivity contribution in [3.63, 3.8) is 0 Å². The van der Waals surface area contributed by atoms with Crippen LogP contribution in [0.1, 0.15) is 13.8 Å². The van der Waals surface area contributed by atoms with Crippen LogP contribution in [0.15, 0.2) is 30.7 Å². The molecule has 8 heteroatoms. The third kappa shape index (κ3) is 3.05. The number of fused-ring (bicyclic) bond motifs is 1. The van der Waals surface area contributed by atoms with Crippen molar-refractivity contribution in [2.75, 3.05) is 18.0 Å². The van der Waals surface area contributed by atoms with E-state index in [4.69, 9.17) is 27.9 Å². The van der Waals surface area contributed by atoms with Crippen molar-refractivity contribution in [3.8, 4) is 5.69 Å². The van der Waals surface area contributed by atoms with Crippen LogP contribution in [0.3, 0.4) is 0 Å². The quantitative estimate of drug-likeness (QED) is 0.680. The summed E-state index contributed by atoms with van der Waals surface area (Å²) in [6, 6.07) is 5.39. The van der Waals surface area contributed by atoms with Crippen LogP contribution in [0, 0.1) is 0 Å². The van der Waals surface area contributed by atoms with Gasteiger partial charge in [0.25, 0.3) is 0 Å². The van der Waals surface area contributed by atoms with Crippen molar-refractivity contribution in [3.05, 3.63) is 40.8 Å². The van der Waals surface area contributed by atoms with Gasteiger partial charge in [0.05, 0.1) is 39.5 Å². The Morgan fingerprint density at radius 3 is 2.56 bits per heavy atom. The summed E-state index contributed by atoms with van der Waals surface area (Å²) < 4.78 is 7.56. The molecule has 0 bridgehead atoms. The van der Waals surface area contributed by atoms with Gasteiger partial charge in [0.2, 0.25) is 0 Å². The molecule has 130 valence electrons. The van der Waals surface area contributed by atoms with Gasteiger partial charge in [-0.1, -0.05) is 23.2 Å². The third-order valence-corrected chi connectivity index (χ3v) is 4.95. The molecule has 1 saturated heterocycles. The van der Waals surface area contributed by atoms with E-state index < -0.39 is 0 Å². The second-order valence-electron chi connectivity index (χ2n) is 6.25. The number of nitrogens with zero attached hydrogens (tertiary/aromatic N) is 5. The van der Waals surface area contributed by atoms with Crippen LogP contribution in [-0.4, -0.2) is 45.0 Å². The summed E-state index contributed by atoms with van der Waals surface area (Å²) in [5.74, 6) is 0.873. The van der Waals surface area contributed by atoms with Crippen molar-refractivity contribution in [2.45, 2.75) is 26.1 Å². The Kier molecular flexibility index (Phi) is 4.27. The summed E-state index contributed by atoms with van der Waals surface area (Å²) in [7, 11) is 0. The maximum absolute atomic E-state index is 6.14. The molecule has 4 rings (SSSR count). The molecule has 0 spiro atoms. The van der Waals surface area contributed by atoms with E-state index in [1.54, 1.807) is 29.3 Å². The highest BCUT2D eigenvalue weighted by Gasteiger charge is 2.25. The number of hydrogen-bond acceptors (Lipinski definition) is 5. The fourth-order valence-electron chi connectivity index (χ4n) is 3.24. The highest BCUT2D eigenvalue weighted by Crippen LogP contribution is 2.29. The Balaban J connectivity index is 1.79. The van der Waals surface area contributed by atoms with Crippen LogP contribution in [0.25, 0.3) is 16.7 Å². The zero-order valence-corrected chi connectivity index (χ0v) is 15.4.